The van der Waals surface area contributed by atoms with Crippen molar-refractivity contribution in [3.8, 4) is 16.5 Å². The molecule has 0 aliphatic carbocycles. The Kier molecular flexibility index (Phi) is 6.26. The normalized spacial score (nSPS) is 16.9. The Hall–Kier alpha value is -1.93. The highest BCUT2D eigenvalue weighted by Gasteiger charge is 2.26. The van der Waals surface area contributed by atoms with Crippen LogP contribution in [-0.4, -0.2) is 59.3 Å². The third-order valence-electron chi connectivity index (χ3n) is 4.99. The molecule has 1 atom stereocenters. The van der Waals surface area contributed by atoms with Gasteiger partial charge in [-0.3, -0.25) is 9.80 Å². The lowest BCUT2D eigenvalue weighted by molar-refractivity contribution is 0.0800. The van der Waals surface area contributed by atoms with E-state index in [9.17, 15) is 0 Å². The monoisotopic (exact) mass is 418 g/mol. The predicted molar refractivity (Wildman–Crippen MR) is 111 cm³/mol. The van der Waals surface area contributed by atoms with Crippen molar-refractivity contribution in [2.45, 2.75) is 13.0 Å². The van der Waals surface area contributed by atoms with Crippen LogP contribution in [0, 0.1) is 0 Å². The van der Waals surface area contributed by atoms with Crippen LogP contribution in [0.2, 0.25) is 5.02 Å². The smallest absolute Gasteiger partial charge is 0.244 e. The molecule has 1 aliphatic rings. The number of hydrogen-bond donors (Lipinski definition) is 0. The molecule has 0 saturated carbocycles. The lowest BCUT2D eigenvalue weighted by atomic mass is 10.2. The minimum absolute atomic E-state index is 0.119. The lowest BCUT2D eigenvalue weighted by Crippen LogP contribution is -2.48. The van der Waals surface area contributed by atoms with Gasteiger partial charge in [-0.2, -0.15) is 4.98 Å². The van der Waals surface area contributed by atoms with Gasteiger partial charge >= 0.3 is 0 Å². The van der Waals surface area contributed by atoms with Gasteiger partial charge in [-0.05, 0) is 42.6 Å². The standard InChI is InChI=1S/C20H23ClN4O2S/c1-15(20-22-19(23-27-20)18-3-2-14-28-18)25-10-8-24(9-11-25)12-13-26-17-6-4-16(21)5-7-17/h2-7,14-15H,8-13H2,1H3/t15-/m1/s1. The molecule has 6 nitrogen and oxygen atoms in total. The second-order valence-corrected chi connectivity index (χ2v) is 8.17. The van der Waals surface area contributed by atoms with Crippen LogP contribution in [0.25, 0.3) is 10.7 Å². The summed E-state index contributed by atoms with van der Waals surface area (Å²) in [6.45, 7) is 7.65. The second kappa shape index (κ2) is 9.05. The minimum atomic E-state index is 0.119. The first-order valence-electron chi connectivity index (χ1n) is 9.41. The van der Waals surface area contributed by atoms with E-state index in [0.717, 1.165) is 48.4 Å². The molecule has 1 fully saturated rings. The van der Waals surface area contributed by atoms with Gasteiger partial charge in [0.1, 0.15) is 12.4 Å². The molecule has 1 saturated heterocycles. The summed E-state index contributed by atoms with van der Waals surface area (Å²) >= 11 is 7.51. The largest absolute Gasteiger partial charge is 0.492 e. The van der Waals surface area contributed by atoms with Crippen LogP contribution in [0.4, 0.5) is 0 Å². The van der Waals surface area contributed by atoms with E-state index in [1.165, 1.54) is 0 Å². The van der Waals surface area contributed by atoms with E-state index >= 15 is 0 Å². The first-order chi connectivity index (χ1) is 13.7. The number of aromatic nitrogens is 2. The van der Waals surface area contributed by atoms with Crippen molar-refractivity contribution in [1.82, 2.24) is 19.9 Å². The third-order valence-corrected chi connectivity index (χ3v) is 6.10. The summed E-state index contributed by atoms with van der Waals surface area (Å²) in [6.07, 6.45) is 0. The number of hydrogen-bond acceptors (Lipinski definition) is 7. The van der Waals surface area contributed by atoms with Gasteiger partial charge in [0.2, 0.25) is 11.7 Å². The number of benzene rings is 1. The van der Waals surface area contributed by atoms with Crippen molar-refractivity contribution < 1.29 is 9.26 Å². The first kappa shape index (κ1) is 19.4. The van der Waals surface area contributed by atoms with E-state index in [0.29, 0.717) is 18.3 Å². The predicted octanol–water partition coefficient (Wildman–Crippen LogP) is 4.21. The summed E-state index contributed by atoms with van der Waals surface area (Å²) in [7, 11) is 0. The van der Waals surface area contributed by atoms with Crippen LogP contribution in [0.15, 0.2) is 46.3 Å². The van der Waals surface area contributed by atoms with Crippen LogP contribution in [-0.2, 0) is 0 Å². The van der Waals surface area contributed by atoms with Gasteiger partial charge in [0.05, 0.1) is 10.9 Å². The number of thiophene rings is 1. The zero-order valence-electron chi connectivity index (χ0n) is 15.8. The Morgan fingerprint density at radius 3 is 2.68 bits per heavy atom. The van der Waals surface area contributed by atoms with Crippen LogP contribution in [0.3, 0.4) is 0 Å². The first-order valence-corrected chi connectivity index (χ1v) is 10.7. The molecule has 4 rings (SSSR count). The van der Waals surface area contributed by atoms with Crippen molar-refractivity contribution in [2.24, 2.45) is 0 Å². The van der Waals surface area contributed by atoms with Crippen molar-refractivity contribution >= 4 is 22.9 Å². The number of nitrogens with zero attached hydrogens (tertiary/aromatic N) is 4. The number of rotatable bonds is 7. The fourth-order valence-electron chi connectivity index (χ4n) is 3.26. The van der Waals surface area contributed by atoms with Crippen LogP contribution in [0.5, 0.6) is 5.75 Å². The van der Waals surface area contributed by atoms with E-state index in [2.05, 4.69) is 26.9 Å². The summed E-state index contributed by atoms with van der Waals surface area (Å²) in [5.41, 5.74) is 0. The van der Waals surface area contributed by atoms with E-state index in [1.54, 1.807) is 11.3 Å². The van der Waals surface area contributed by atoms with Crippen LogP contribution >= 0.6 is 22.9 Å². The van der Waals surface area contributed by atoms with Gasteiger partial charge in [0.15, 0.2) is 0 Å². The molecule has 0 radical (unpaired) electrons. The molecular formula is C20H23ClN4O2S. The molecule has 0 amide bonds. The zero-order valence-corrected chi connectivity index (χ0v) is 17.3. The van der Waals surface area contributed by atoms with E-state index in [4.69, 9.17) is 20.9 Å². The quantitative estimate of drug-likeness (QED) is 0.573. The summed E-state index contributed by atoms with van der Waals surface area (Å²) < 4.78 is 11.3. The van der Waals surface area contributed by atoms with Crippen molar-refractivity contribution in [3.05, 3.63) is 52.7 Å². The number of piperazine rings is 1. The SMILES string of the molecule is C[C@H](c1nc(-c2cccs2)no1)N1CCN(CCOc2ccc(Cl)cc2)CC1. The summed E-state index contributed by atoms with van der Waals surface area (Å²) in [6, 6.07) is 11.6. The highest BCUT2D eigenvalue weighted by molar-refractivity contribution is 7.13. The Morgan fingerprint density at radius 2 is 1.96 bits per heavy atom. The molecular weight excluding hydrogens is 396 g/mol. The van der Waals surface area contributed by atoms with Crippen LogP contribution < -0.4 is 4.74 Å². The summed E-state index contributed by atoms with van der Waals surface area (Å²) in [4.78, 5) is 10.4. The molecule has 3 aromatic rings. The molecule has 0 unspecified atom stereocenters. The Morgan fingerprint density at radius 1 is 1.18 bits per heavy atom. The van der Waals surface area contributed by atoms with Crippen LogP contribution in [0.1, 0.15) is 18.9 Å². The molecule has 3 heterocycles. The van der Waals surface area contributed by atoms with E-state index < -0.39 is 0 Å². The van der Waals surface area contributed by atoms with Gasteiger partial charge in [-0.15, -0.1) is 11.3 Å². The minimum Gasteiger partial charge on any atom is -0.492 e. The fourth-order valence-corrected chi connectivity index (χ4v) is 4.04. The Bertz CT molecular complexity index is 861. The number of ether oxygens (including phenoxy) is 1. The average Bonchev–Trinajstić information content (AvgIpc) is 3.41. The third kappa shape index (κ3) is 4.72. The fraction of sp³-hybridized carbons (Fsp3) is 0.400. The molecule has 28 heavy (non-hydrogen) atoms. The van der Waals surface area contributed by atoms with Gasteiger partial charge in [-0.1, -0.05) is 22.8 Å². The molecule has 148 valence electrons. The van der Waals surface area contributed by atoms with E-state index in [-0.39, 0.29) is 6.04 Å². The maximum atomic E-state index is 5.90. The van der Waals surface area contributed by atoms with Crippen molar-refractivity contribution in [3.63, 3.8) is 0 Å². The highest BCUT2D eigenvalue weighted by atomic mass is 35.5. The van der Waals surface area contributed by atoms with E-state index in [1.807, 2.05) is 41.8 Å². The van der Waals surface area contributed by atoms with Gasteiger partial charge in [0, 0.05) is 37.7 Å². The molecule has 2 aromatic heterocycles. The topological polar surface area (TPSA) is 54.6 Å². The molecule has 0 bridgehead atoms. The maximum absolute atomic E-state index is 5.90. The molecule has 0 spiro atoms. The molecule has 0 N–H and O–H groups in total. The lowest BCUT2D eigenvalue weighted by Gasteiger charge is -2.36. The number of halogens is 1. The van der Waals surface area contributed by atoms with Gasteiger partial charge < -0.3 is 9.26 Å². The Balaban J connectivity index is 1.23. The zero-order chi connectivity index (χ0) is 19.3. The maximum Gasteiger partial charge on any atom is 0.244 e. The highest BCUT2D eigenvalue weighted by Crippen LogP contribution is 2.25. The Labute approximate surface area is 173 Å². The average molecular weight is 419 g/mol. The van der Waals surface area contributed by atoms with Crippen molar-refractivity contribution in [1.29, 1.82) is 0 Å². The van der Waals surface area contributed by atoms with Crippen molar-refractivity contribution in [2.75, 3.05) is 39.3 Å². The molecule has 1 aromatic carbocycles. The summed E-state index contributed by atoms with van der Waals surface area (Å²) in [5, 5.41) is 6.87. The molecule has 8 heteroatoms. The van der Waals surface area contributed by atoms with Gasteiger partial charge in [0.25, 0.3) is 0 Å². The molecule has 1 aliphatic heterocycles. The second-order valence-electron chi connectivity index (χ2n) is 6.79. The summed E-state index contributed by atoms with van der Waals surface area (Å²) in [5.74, 6) is 2.22. The van der Waals surface area contributed by atoms with Gasteiger partial charge in [-0.25, -0.2) is 0 Å².